The van der Waals surface area contributed by atoms with Gasteiger partial charge in [0.05, 0.1) is 11.3 Å². The third kappa shape index (κ3) is 3.03. The molecule has 0 unspecified atom stereocenters. The Morgan fingerprint density at radius 2 is 2.21 bits per heavy atom. The quantitative estimate of drug-likeness (QED) is 0.746. The molecule has 19 heavy (non-hydrogen) atoms. The molecule has 1 aromatic carbocycles. The lowest BCUT2D eigenvalue weighted by Gasteiger charge is -2.06. The average Bonchev–Trinajstić information content (AvgIpc) is 2.80. The van der Waals surface area contributed by atoms with Crippen molar-refractivity contribution in [2.24, 2.45) is 0 Å². The van der Waals surface area contributed by atoms with Crippen molar-refractivity contribution in [1.82, 2.24) is 4.98 Å². The predicted octanol–water partition coefficient (Wildman–Crippen LogP) is 3.29. The molecule has 0 bridgehead atoms. The van der Waals surface area contributed by atoms with Crippen LogP contribution in [0.25, 0.3) is 0 Å². The molecule has 0 aliphatic heterocycles. The van der Waals surface area contributed by atoms with Crippen LogP contribution >= 0.6 is 11.3 Å². The Kier molecular flexibility index (Phi) is 3.71. The lowest BCUT2D eigenvalue weighted by Crippen LogP contribution is -2.03. The molecule has 0 aliphatic rings. The summed E-state index contributed by atoms with van der Waals surface area (Å²) in [4.78, 5) is 15.4. The molecule has 0 spiro atoms. The number of thiazole rings is 1. The van der Waals surface area contributed by atoms with E-state index in [1.54, 1.807) is 12.1 Å². The van der Waals surface area contributed by atoms with Crippen molar-refractivity contribution in [2.75, 3.05) is 11.1 Å². The number of nitrogens with one attached hydrogen (secondary N) is 1. The van der Waals surface area contributed by atoms with Crippen LogP contribution in [0.15, 0.2) is 23.6 Å². The second kappa shape index (κ2) is 5.27. The number of nitrogen functional groups attached to an aromatic ring is 1. The Labute approximate surface area is 115 Å². The van der Waals surface area contributed by atoms with Gasteiger partial charge in [-0.05, 0) is 24.1 Å². The maximum absolute atomic E-state index is 11.0. The molecular formula is C13H15N3O2S. The fourth-order valence-corrected chi connectivity index (χ4v) is 2.44. The Hall–Kier alpha value is -2.08. The molecular weight excluding hydrogens is 262 g/mol. The van der Waals surface area contributed by atoms with Crippen LogP contribution in [0.4, 0.5) is 16.5 Å². The van der Waals surface area contributed by atoms with Crippen molar-refractivity contribution in [3.63, 3.8) is 0 Å². The zero-order chi connectivity index (χ0) is 14.0. The minimum absolute atomic E-state index is 0.0886. The molecule has 0 amide bonds. The van der Waals surface area contributed by atoms with Gasteiger partial charge in [0.1, 0.15) is 0 Å². The van der Waals surface area contributed by atoms with Crippen molar-refractivity contribution in [3.8, 4) is 0 Å². The third-order valence-electron chi connectivity index (χ3n) is 2.65. The van der Waals surface area contributed by atoms with Gasteiger partial charge in [-0.15, -0.1) is 11.3 Å². The van der Waals surface area contributed by atoms with Crippen LogP contribution in [-0.2, 0) is 0 Å². The first-order chi connectivity index (χ1) is 8.97. The Balaban J connectivity index is 2.23. The Morgan fingerprint density at radius 1 is 1.47 bits per heavy atom. The summed E-state index contributed by atoms with van der Waals surface area (Å²) >= 11 is 1.49. The number of aromatic carboxylic acids is 1. The zero-order valence-corrected chi connectivity index (χ0v) is 11.5. The molecule has 0 aliphatic carbocycles. The number of nitrogens with zero attached hydrogens (tertiary/aromatic N) is 1. The summed E-state index contributed by atoms with van der Waals surface area (Å²) in [7, 11) is 0. The number of hydrogen-bond donors (Lipinski definition) is 3. The number of rotatable bonds is 4. The largest absolute Gasteiger partial charge is 0.478 e. The van der Waals surface area contributed by atoms with Crippen LogP contribution in [0, 0.1) is 0 Å². The van der Waals surface area contributed by atoms with Crippen molar-refractivity contribution >= 4 is 33.8 Å². The minimum Gasteiger partial charge on any atom is -0.478 e. The van der Waals surface area contributed by atoms with Crippen LogP contribution in [0.5, 0.6) is 0 Å². The van der Waals surface area contributed by atoms with E-state index in [9.17, 15) is 4.79 Å². The summed E-state index contributed by atoms with van der Waals surface area (Å²) in [6.07, 6.45) is 0. The summed E-state index contributed by atoms with van der Waals surface area (Å²) in [5.74, 6) is -0.670. The van der Waals surface area contributed by atoms with E-state index in [4.69, 9.17) is 10.8 Å². The highest BCUT2D eigenvalue weighted by molar-refractivity contribution is 7.13. The molecule has 0 radical (unpaired) electrons. The number of aromatic nitrogens is 1. The van der Waals surface area contributed by atoms with Crippen LogP contribution in [-0.4, -0.2) is 16.1 Å². The highest BCUT2D eigenvalue weighted by Crippen LogP contribution is 2.26. The summed E-state index contributed by atoms with van der Waals surface area (Å²) in [6, 6.07) is 4.81. The van der Waals surface area contributed by atoms with Crippen molar-refractivity contribution in [3.05, 3.63) is 34.8 Å². The number of nitrogens with two attached hydrogens (primary N) is 1. The molecule has 0 fully saturated rings. The zero-order valence-electron chi connectivity index (χ0n) is 10.7. The van der Waals surface area contributed by atoms with Gasteiger partial charge in [-0.1, -0.05) is 13.8 Å². The standard InChI is InChI=1S/C13H15N3O2S/c1-7(2)11-6-19-13(16-11)15-8-3-4-10(14)9(5-8)12(17)18/h3-7H,14H2,1-2H3,(H,15,16)(H,17,18). The highest BCUT2D eigenvalue weighted by atomic mass is 32.1. The van der Waals surface area contributed by atoms with E-state index in [2.05, 4.69) is 24.1 Å². The van der Waals surface area contributed by atoms with E-state index in [0.717, 1.165) is 10.8 Å². The Bertz CT molecular complexity index is 608. The van der Waals surface area contributed by atoms with E-state index < -0.39 is 5.97 Å². The maximum atomic E-state index is 11.0. The molecule has 0 saturated carbocycles. The molecule has 4 N–H and O–H groups in total. The number of carboxylic acids is 1. The molecule has 1 heterocycles. The number of anilines is 3. The second-order valence-electron chi connectivity index (χ2n) is 4.46. The Morgan fingerprint density at radius 3 is 2.79 bits per heavy atom. The number of carboxylic acid groups (broad SMARTS) is 1. The van der Waals surface area contributed by atoms with E-state index in [1.807, 2.05) is 5.38 Å². The SMILES string of the molecule is CC(C)c1csc(Nc2ccc(N)c(C(=O)O)c2)n1. The fourth-order valence-electron chi connectivity index (χ4n) is 1.55. The lowest BCUT2D eigenvalue weighted by molar-refractivity contribution is 0.0698. The summed E-state index contributed by atoms with van der Waals surface area (Å²) in [5.41, 5.74) is 7.62. The molecule has 5 nitrogen and oxygen atoms in total. The molecule has 2 rings (SSSR count). The third-order valence-corrected chi connectivity index (χ3v) is 3.42. The molecule has 0 atom stereocenters. The highest BCUT2D eigenvalue weighted by Gasteiger charge is 2.10. The van der Waals surface area contributed by atoms with Crippen molar-refractivity contribution in [2.45, 2.75) is 19.8 Å². The fraction of sp³-hybridized carbons (Fsp3) is 0.231. The van der Waals surface area contributed by atoms with Crippen molar-refractivity contribution < 1.29 is 9.90 Å². The van der Waals surface area contributed by atoms with Gasteiger partial charge in [0.2, 0.25) is 0 Å². The van der Waals surface area contributed by atoms with Gasteiger partial charge < -0.3 is 16.2 Å². The van der Waals surface area contributed by atoms with Gasteiger partial charge >= 0.3 is 5.97 Å². The van der Waals surface area contributed by atoms with Crippen LogP contribution in [0.1, 0.15) is 35.8 Å². The van der Waals surface area contributed by atoms with Gasteiger partial charge in [-0.3, -0.25) is 0 Å². The smallest absolute Gasteiger partial charge is 0.337 e. The van der Waals surface area contributed by atoms with Gasteiger partial charge in [-0.2, -0.15) is 0 Å². The normalized spacial score (nSPS) is 10.7. The first-order valence-corrected chi connectivity index (χ1v) is 6.70. The van der Waals surface area contributed by atoms with Crippen LogP contribution in [0.2, 0.25) is 0 Å². The second-order valence-corrected chi connectivity index (χ2v) is 5.32. The van der Waals surface area contributed by atoms with Gasteiger partial charge in [0.15, 0.2) is 5.13 Å². The number of carbonyl (C=O) groups is 1. The van der Waals surface area contributed by atoms with Crippen molar-refractivity contribution in [1.29, 1.82) is 0 Å². The van der Waals surface area contributed by atoms with E-state index >= 15 is 0 Å². The average molecular weight is 277 g/mol. The molecule has 6 heteroatoms. The predicted molar refractivity (Wildman–Crippen MR) is 77.3 cm³/mol. The monoisotopic (exact) mass is 277 g/mol. The summed E-state index contributed by atoms with van der Waals surface area (Å²) in [5, 5.41) is 14.8. The molecule has 1 aromatic heterocycles. The lowest BCUT2D eigenvalue weighted by atomic mass is 10.1. The van der Waals surface area contributed by atoms with E-state index in [0.29, 0.717) is 11.6 Å². The first-order valence-electron chi connectivity index (χ1n) is 5.82. The number of benzene rings is 1. The van der Waals surface area contributed by atoms with Crippen LogP contribution < -0.4 is 11.1 Å². The summed E-state index contributed by atoms with van der Waals surface area (Å²) in [6.45, 7) is 4.15. The molecule has 100 valence electrons. The summed E-state index contributed by atoms with van der Waals surface area (Å²) < 4.78 is 0. The maximum Gasteiger partial charge on any atom is 0.337 e. The van der Waals surface area contributed by atoms with Gasteiger partial charge in [-0.25, -0.2) is 9.78 Å². The van der Waals surface area contributed by atoms with Gasteiger partial charge in [0.25, 0.3) is 0 Å². The van der Waals surface area contributed by atoms with E-state index in [-0.39, 0.29) is 11.3 Å². The number of hydrogen-bond acceptors (Lipinski definition) is 5. The first kappa shape index (κ1) is 13.4. The topological polar surface area (TPSA) is 88.2 Å². The molecule has 0 saturated heterocycles. The van der Waals surface area contributed by atoms with E-state index in [1.165, 1.54) is 17.4 Å². The molecule has 2 aromatic rings. The van der Waals surface area contributed by atoms with Gasteiger partial charge in [0, 0.05) is 16.8 Å². The minimum atomic E-state index is -1.04. The van der Waals surface area contributed by atoms with Crippen LogP contribution in [0.3, 0.4) is 0 Å².